The maximum atomic E-state index is 11.9. The summed E-state index contributed by atoms with van der Waals surface area (Å²) in [5, 5.41) is 15.9. The normalized spacial score (nSPS) is 13.9. The second-order valence-electron chi connectivity index (χ2n) is 3.78. The zero-order chi connectivity index (χ0) is 13.1. The van der Waals surface area contributed by atoms with Gasteiger partial charge in [-0.3, -0.25) is 0 Å². The SMILES string of the molecule is CC(CCO)CNS(=O)(=O)c1c(Br)nnn1C. The number of sulfonamides is 1. The molecule has 0 fully saturated rings. The fraction of sp³-hybridized carbons (Fsp3) is 0.750. The van der Waals surface area contributed by atoms with Crippen LogP contribution in [0.2, 0.25) is 0 Å². The maximum Gasteiger partial charge on any atom is 0.260 e. The third-order valence-electron chi connectivity index (χ3n) is 2.24. The van der Waals surface area contributed by atoms with Crippen LogP contribution < -0.4 is 4.72 Å². The van der Waals surface area contributed by atoms with Crippen LogP contribution in [0.25, 0.3) is 0 Å². The molecule has 0 saturated heterocycles. The Morgan fingerprint density at radius 1 is 1.59 bits per heavy atom. The molecular weight excluding hydrogens is 312 g/mol. The Balaban J connectivity index is 2.76. The van der Waals surface area contributed by atoms with Crippen LogP contribution in [0.5, 0.6) is 0 Å². The van der Waals surface area contributed by atoms with E-state index < -0.39 is 10.0 Å². The highest BCUT2D eigenvalue weighted by Crippen LogP contribution is 2.17. The van der Waals surface area contributed by atoms with Crippen LogP contribution in [0.15, 0.2) is 9.63 Å². The first kappa shape index (κ1) is 14.6. The molecule has 9 heteroatoms. The van der Waals surface area contributed by atoms with E-state index in [-0.39, 0.29) is 28.7 Å². The van der Waals surface area contributed by atoms with Gasteiger partial charge in [-0.2, -0.15) is 0 Å². The molecule has 98 valence electrons. The zero-order valence-electron chi connectivity index (χ0n) is 9.59. The van der Waals surface area contributed by atoms with Crippen LogP contribution in [0.4, 0.5) is 0 Å². The minimum Gasteiger partial charge on any atom is -0.396 e. The average molecular weight is 327 g/mol. The first-order chi connectivity index (χ1) is 7.88. The molecule has 0 aliphatic heterocycles. The average Bonchev–Trinajstić information content (AvgIpc) is 2.57. The largest absolute Gasteiger partial charge is 0.396 e. The van der Waals surface area contributed by atoms with E-state index >= 15 is 0 Å². The Hall–Kier alpha value is -0.510. The Labute approximate surface area is 108 Å². The Kier molecular flexibility index (Phi) is 5.04. The minimum atomic E-state index is -3.63. The smallest absolute Gasteiger partial charge is 0.260 e. The highest BCUT2D eigenvalue weighted by molar-refractivity contribution is 9.10. The predicted octanol–water partition coefficient (Wildman–Crippen LogP) is -0.126. The van der Waals surface area contributed by atoms with Gasteiger partial charge in [0.1, 0.15) is 0 Å². The summed E-state index contributed by atoms with van der Waals surface area (Å²) >= 11 is 3.04. The van der Waals surface area contributed by atoms with E-state index in [1.807, 2.05) is 6.92 Å². The molecule has 0 aliphatic carbocycles. The van der Waals surface area contributed by atoms with Crippen LogP contribution in [-0.4, -0.2) is 41.7 Å². The molecule has 17 heavy (non-hydrogen) atoms. The van der Waals surface area contributed by atoms with Gasteiger partial charge in [-0.25, -0.2) is 17.8 Å². The molecule has 2 N–H and O–H groups in total. The lowest BCUT2D eigenvalue weighted by Gasteiger charge is -2.11. The van der Waals surface area contributed by atoms with Crippen molar-refractivity contribution in [2.75, 3.05) is 13.2 Å². The monoisotopic (exact) mass is 326 g/mol. The molecule has 0 amide bonds. The summed E-state index contributed by atoms with van der Waals surface area (Å²) in [5.74, 6) is 0.0646. The fourth-order valence-corrected chi connectivity index (χ4v) is 3.51. The molecule has 0 aliphatic rings. The lowest BCUT2D eigenvalue weighted by atomic mass is 10.1. The molecule has 1 heterocycles. The summed E-state index contributed by atoms with van der Waals surface area (Å²) < 4.78 is 27.7. The number of nitrogens with one attached hydrogen (secondary N) is 1. The number of aliphatic hydroxyl groups is 1. The van der Waals surface area contributed by atoms with Gasteiger partial charge in [-0.15, -0.1) is 5.10 Å². The van der Waals surface area contributed by atoms with Crippen molar-refractivity contribution >= 4 is 26.0 Å². The fourth-order valence-electron chi connectivity index (χ4n) is 1.25. The van der Waals surface area contributed by atoms with Crippen molar-refractivity contribution in [3.05, 3.63) is 4.60 Å². The molecule has 1 rings (SSSR count). The van der Waals surface area contributed by atoms with Crippen LogP contribution >= 0.6 is 15.9 Å². The van der Waals surface area contributed by atoms with Crippen molar-refractivity contribution in [2.24, 2.45) is 13.0 Å². The lowest BCUT2D eigenvalue weighted by Crippen LogP contribution is -2.30. The summed E-state index contributed by atoms with van der Waals surface area (Å²) in [6.45, 7) is 2.16. The Bertz CT molecular complexity index is 454. The number of nitrogens with zero attached hydrogens (tertiary/aromatic N) is 3. The molecule has 1 aromatic rings. The quantitative estimate of drug-likeness (QED) is 0.759. The van der Waals surface area contributed by atoms with Gasteiger partial charge in [-0.05, 0) is 28.3 Å². The summed E-state index contributed by atoms with van der Waals surface area (Å²) in [6.07, 6.45) is 0.549. The number of hydrogen-bond acceptors (Lipinski definition) is 5. The zero-order valence-corrected chi connectivity index (χ0v) is 12.0. The molecule has 0 radical (unpaired) electrons. The molecule has 0 aromatic carbocycles. The molecule has 1 atom stereocenters. The highest BCUT2D eigenvalue weighted by atomic mass is 79.9. The molecule has 0 bridgehead atoms. The van der Waals surface area contributed by atoms with E-state index in [4.69, 9.17) is 5.11 Å². The van der Waals surface area contributed by atoms with E-state index in [0.29, 0.717) is 6.42 Å². The van der Waals surface area contributed by atoms with E-state index in [9.17, 15) is 8.42 Å². The van der Waals surface area contributed by atoms with Crippen molar-refractivity contribution in [1.82, 2.24) is 19.7 Å². The van der Waals surface area contributed by atoms with Gasteiger partial charge < -0.3 is 5.11 Å². The van der Waals surface area contributed by atoms with E-state index in [1.54, 1.807) is 0 Å². The van der Waals surface area contributed by atoms with E-state index in [2.05, 4.69) is 31.0 Å². The number of aromatic nitrogens is 3. The third kappa shape index (κ3) is 3.73. The second-order valence-corrected chi connectivity index (χ2v) is 6.21. The van der Waals surface area contributed by atoms with Crippen molar-refractivity contribution in [3.8, 4) is 0 Å². The van der Waals surface area contributed by atoms with Crippen molar-refractivity contribution in [3.63, 3.8) is 0 Å². The number of aliphatic hydroxyl groups excluding tert-OH is 1. The summed E-state index contributed by atoms with van der Waals surface area (Å²) in [6, 6.07) is 0. The summed E-state index contributed by atoms with van der Waals surface area (Å²) in [4.78, 5) is 0. The van der Waals surface area contributed by atoms with Gasteiger partial charge in [0.05, 0.1) is 0 Å². The Morgan fingerprint density at radius 3 is 2.71 bits per heavy atom. The van der Waals surface area contributed by atoms with Crippen molar-refractivity contribution < 1.29 is 13.5 Å². The number of hydrogen-bond donors (Lipinski definition) is 2. The second kappa shape index (κ2) is 5.89. The lowest BCUT2D eigenvalue weighted by molar-refractivity contribution is 0.263. The van der Waals surface area contributed by atoms with Crippen LogP contribution in [0.3, 0.4) is 0 Å². The van der Waals surface area contributed by atoms with Gasteiger partial charge in [0.2, 0.25) is 5.03 Å². The first-order valence-corrected chi connectivity index (χ1v) is 7.31. The predicted molar refractivity (Wildman–Crippen MR) is 64.8 cm³/mol. The third-order valence-corrected chi connectivity index (χ3v) is 4.55. The standard InChI is InChI=1S/C8H15BrN4O3S/c1-6(3-4-14)5-10-17(15,16)8-7(9)11-12-13(8)2/h6,10,14H,3-5H2,1-2H3. The molecule has 7 nitrogen and oxygen atoms in total. The van der Waals surface area contributed by atoms with E-state index in [0.717, 1.165) is 0 Å². The van der Waals surface area contributed by atoms with Crippen molar-refractivity contribution in [1.29, 1.82) is 0 Å². The number of rotatable bonds is 6. The van der Waals surface area contributed by atoms with Crippen molar-refractivity contribution in [2.45, 2.75) is 18.4 Å². The molecule has 1 unspecified atom stereocenters. The van der Waals surface area contributed by atoms with Crippen LogP contribution in [0.1, 0.15) is 13.3 Å². The maximum absolute atomic E-state index is 11.9. The van der Waals surface area contributed by atoms with Gasteiger partial charge >= 0.3 is 0 Å². The minimum absolute atomic E-state index is 0.00583. The van der Waals surface area contributed by atoms with Gasteiger partial charge in [0, 0.05) is 20.2 Å². The summed E-state index contributed by atoms with van der Waals surface area (Å²) in [7, 11) is -2.13. The molecular formula is C8H15BrN4O3S. The molecule has 0 spiro atoms. The summed E-state index contributed by atoms with van der Waals surface area (Å²) in [5.41, 5.74) is 0. The topological polar surface area (TPSA) is 97.1 Å². The van der Waals surface area contributed by atoms with Gasteiger partial charge in [0.25, 0.3) is 10.0 Å². The number of halogens is 1. The van der Waals surface area contributed by atoms with Gasteiger partial charge in [-0.1, -0.05) is 12.1 Å². The van der Waals surface area contributed by atoms with E-state index in [1.165, 1.54) is 11.7 Å². The van der Waals surface area contributed by atoms with Crippen LogP contribution in [0, 0.1) is 5.92 Å². The molecule has 0 saturated carbocycles. The number of aryl methyl sites for hydroxylation is 1. The highest BCUT2D eigenvalue weighted by Gasteiger charge is 2.23. The first-order valence-electron chi connectivity index (χ1n) is 5.04. The Morgan fingerprint density at radius 2 is 2.24 bits per heavy atom. The molecule has 1 aromatic heterocycles. The van der Waals surface area contributed by atoms with Gasteiger partial charge in [0.15, 0.2) is 4.60 Å². The van der Waals surface area contributed by atoms with Crippen LogP contribution in [-0.2, 0) is 17.1 Å².